The number of sulfonamides is 1. The fourth-order valence-electron chi connectivity index (χ4n) is 2.45. The van der Waals surface area contributed by atoms with Crippen molar-refractivity contribution in [3.8, 4) is 0 Å². The van der Waals surface area contributed by atoms with Gasteiger partial charge in [-0.1, -0.05) is 13.8 Å². The Bertz CT molecular complexity index is 1050. The van der Waals surface area contributed by atoms with Crippen LogP contribution in [0, 0.1) is 6.92 Å². The number of fused-ring (bicyclic) bond motifs is 1. The maximum absolute atomic E-state index is 11.3. The number of pyridine rings is 1. The quantitative estimate of drug-likeness (QED) is 0.718. The summed E-state index contributed by atoms with van der Waals surface area (Å²) in [6.07, 6.45) is 1.92. The van der Waals surface area contributed by atoms with Crippen molar-refractivity contribution in [2.45, 2.75) is 31.6 Å². The topological polar surface area (TPSA) is 102 Å². The summed E-state index contributed by atoms with van der Waals surface area (Å²) in [6.45, 7) is 6.11. The second-order valence-electron chi connectivity index (χ2n) is 6.15. The van der Waals surface area contributed by atoms with E-state index in [0.717, 1.165) is 16.9 Å². The van der Waals surface area contributed by atoms with Gasteiger partial charge in [0.05, 0.1) is 16.3 Å². The molecule has 0 bridgehead atoms. The molecule has 0 aliphatic heterocycles. The Labute approximate surface area is 146 Å². The molecule has 0 aliphatic carbocycles. The minimum atomic E-state index is -3.71. The van der Waals surface area contributed by atoms with Crippen LogP contribution in [0.2, 0.25) is 0 Å². The first-order valence-electron chi connectivity index (χ1n) is 7.79. The summed E-state index contributed by atoms with van der Waals surface area (Å²) >= 11 is 0. The zero-order valence-electron chi connectivity index (χ0n) is 14.2. The second-order valence-corrected chi connectivity index (χ2v) is 7.71. The average molecular weight is 357 g/mol. The van der Waals surface area contributed by atoms with Gasteiger partial charge in [0.15, 0.2) is 5.82 Å². The zero-order valence-corrected chi connectivity index (χ0v) is 15.0. The maximum Gasteiger partial charge on any atom is 0.238 e. The number of nitrogens with zero attached hydrogens (tertiary/aromatic N) is 4. The predicted molar refractivity (Wildman–Crippen MR) is 96.0 cm³/mol. The van der Waals surface area contributed by atoms with E-state index in [9.17, 15) is 8.42 Å². The molecule has 130 valence electrons. The summed E-state index contributed by atoms with van der Waals surface area (Å²) in [5, 5.41) is 13.7. The van der Waals surface area contributed by atoms with Gasteiger partial charge in [-0.2, -0.15) is 0 Å². The lowest BCUT2D eigenvalue weighted by molar-refractivity contribution is 0.598. The standard InChI is InChI=1S/C17H19N5O2S/c1-11(2)16-17(22-9-8-12(3)10-15(22)19-16)21-20-13-4-6-14(7-5-13)25(18,23)24/h4-11H,1-3H3,(H2,18,23,24). The largest absolute Gasteiger partial charge is 0.283 e. The van der Waals surface area contributed by atoms with Crippen molar-refractivity contribution in [3.63, 3.8) is 0 Å². The van der Waals surface area contributed by atoms with Crippen molar-refractivity contribution in [1.29, 1.82) is 0 Å². The number of azo groups is 1. The van der Waals surface area contributed by atoms with Gasteiger partial charge in [-0.25, -0.2) is 18.5 Å². The number of rotatable bonds is 4. The first-order chi connectivity index (χ1) is 11.8. The number of imidazole rings is 1. The third-order valence-corrected chi connectivity index (χ3v) is 4.68. The number of benzene rings is 1. The summed E-state index contributed by atoms with van der Waals surface area (Å²) < 4.78 is 24.5. The van der Waals surface area contributed by atoms with Crippen LogP contribution in [0.1, 0.15) is 31.0 Å². The monoisotopic (exact) mass is 357 g/mol. The highest BCUT2D eigenvalue weighted by Crippen LogP contribution is 2.29. The molecule has 7 nitrogen and oxygen atoms in total. The van der Waals surface area contributed by atoms with Crippen LogP contribution in [-0.4, -0.2) is 17.8 Å². The molecule has 2 heterocycles. The van der Waals surface area contributed by atoms with Gasteiger partial charge >= 0.3 is 0 Å². The Morgan fingerprint density at radius 1 is 1.12 bits per heavy atom. The molecule has 0 atom stereocenters. The smallest absolute Gasteiger partial charge is 0.238 e. The minimum Gasteiger partial charge on any atom is -0.283 e. The maximum atomic E-state index is 11.3. The molecule has 0 radical (unpaired) electrons. The van der Waals surface area contributed by atoms with E-state index in [1.54, 1.807) is 12.1 Å². The lowest BCUT2D eigenvalue weighted by Gasteiger charge is -2.02. The predicted octanol–water partition coefficient (Wildman–Crippen LogP) is 3.83. The molecule has 0 spiro atoms. The third kappa shape index (κ3) is 3.59. The van der Waals surface area contributed by atoms with Crippen LogP contribution >= 0.6 is 0 Å². The summed E-state index contributed by atoms with van der Waals surface area (Å²) in [5.74, 6) is 0.861. The van der Waals surface area contributed by atoms with Crippen LogP contribution in [0.25, 0.3) is 5.65 Å². The van der Waals surface area contributed by atoms with Crippen molar-refractivity contribution in [1.82, 2.24) is 9.38 Å². The van der Waals surface area contributed by atoms with Crippen LogP contribution in [0.15, 0.2) is 57.7 Å². The molecule has 3 aromatic rings. The van der Waals surface area contributed by atoms with Crippen molar-refractivity contribution >= 4 is 27.2 Å². The molecule has 3 rings (SSSR count). The fourth-order valence-corrected chi connectivity index (χ4v) is 2.96. The lowest BCUT2D eigenvalue weighted by atomic mass is 10.1. The Morgan fingerprint density at radius 2 is 1.80 bits per heavy atom. The molecule has 1 aromatic carbocycles. The Morgan fingerprint density at radius 3 is 2.40 bits per heavy atom. The van der Waals surface area contributed by atoms with E-state index in [0.29, 0.717) is 11.5 Å². The molecule has 2 aromatic heterocycles. The summed E-state index contributed by atoms with van der Waals surface area (Å²) in [5.41, 5.74) is 3.33. The molecule has 25 heavy (non-hydrogen) atoms. The van der Waals surface area contributed by atoms with Gasteiger partial charge in [-0.15, -0.1) is 10.2 Å². The van der Waals surface area contributed by atoms with Crippen LogP contribution in [0.3, 0.4) is 0 Å². The van der Waals surface area contributed by atoms with E-state index in [1.165, 1.54) is 12.1 Å². The molecule has 0 unspecified atom stereocenters. The lowest BCUT2D eigenvalue weighted by Crippen LogP contribution is -2.11. The highest BCUT2D eigenvalue weighted by Gasteiger charge is 2.15. The minimum absolute atomic E-state index is 0.0413. The third-order valence-electron chi connectivity index (χ3n) is 3.75. The highest BCUT2D eigenvalue weighted by atomic mass is 32.2. The van der Waals surface area contributed by atoms with E-state index in [1.807, 2.05) is 29.7 Å². The normalized spacial score (nSPS) is 12.5. The number of hydrogen-bond donors (Lipinski definition) is 1. The Hall–Kier alpha value is -2.58. The SMILES string of the molecule is Cc1ccn2c(N=Nc3ccc(S(N)(=O)=O)cc3)c(C(C)C)nc2c1. The molecule has 2 N–H and O–H groups in total. The van der Waals surface area contributed by atoms with E-state index in [2.05, 4.69) is 29.1 Å². The molecular weight excluding hydrogens is 338 g/mol. The number of nitrogens with two attached hydrogens (primary N) is 1. The van der Waals surface area contributed by atoms with E-state index >= 15 is 0 Å². The summed E-state index contributed by atoms with van der Waals surface area (Å²) in [4.78, 5) is 4.69. The molecule has 8 heteroatoms. The van der Waals surface area contributed by atoms with Crippen molar-refractivity contribution in [2.24, 2.45) is 15.4 Å². The van der Waals surface area contributed by atoms with Gasteiger partial charge in [0.25, 0.3) is 0 Å². The van der Waals surface area contributed by atoms with Crippen molar-refractivity contribution in [3.05, 3.63) is 53.9 Å². The van der Waals surface area contributed by atoms with Gasteiger partial charge in [-0.3, -0.25) is 4.40 Å². The Balaban J connectivity index is 2.02. The van der Waals surface area contributed by atoms with Crippen LogP contribution in [-0.2, 0) is 10.0 Å². The Kier molecular flexibility index (Phi) is 4.40. The molecule has 0 amide bonds. The number of aryl methyl sites for hydroxylation is 1. The van der Waals surface area contributed by atoms with Crippen molar-refractivity contribution < 1.29 is 8.42 Å². The first kappa shape index (κ1) is 17.2. The second kappa shape index (κ2) is 6.38. The summed E-state index contributed by atoms with van der Waals surface area (Å²) in [7, 11) is -3.71. The molecule has 0 saturated carbocycles. The van der Waals surface area contributed by atoms with E-state index < -0.39 is 10.0 Å². The van der Waals surface area contributed by atoms with Crippen LogP contribution < -0.4 is 5.14 Å². The van der Waals surface area contributed by atoms with Gasteiger partial charge in [0, 0.05) is 6.20 Å². The molecule has 0 fully saturated rings. The van der Waals surface area contributed by atoms with Gasteiger partial charge in [0.1, 0.15) is 5.65 Å². The van der Waals surface area contributed by atoms with Crippen LogP contribution in [0.5, 0.6) is 0 Å². The fraction of sp³-hybridized carbons (Fsp3) is 0.235. The van der Waals surface area contributed by atoms with Crippen molar-refractivity contribution in [2.75, 3.05) is 0 Å². The van der Waals surface area contributed by atoms with E-state index in [-0.39, 0.29) is 10.8 Å². The average Bonchev–Trinajstić information content (AvgIpc) is 2.90. The molecule has 0 saturated heterocycles. The van der Waals surface area contributed by atoms with Gasteiger partial charge in [-0.05, 0) is 54.8 Å². The van der Waals surface area contributed by atoms with Crippen LogP contribution in [0.4, 0.5) is 11.5 Å². The van der Waals surface area contributed by atoms with Gasteiger partial charge < -0.3 is 0 Å². The highest BCUT2D eigenvalue weighted by molar-refractivity contribution is 7.89. The number of hydrogen-bond acceptors (Lipinski definition) is 5. The zero-order chi connectivity index (χ0) is 18.2. The van der Waals surface area contributed by atoms with E-state index in [4.69, 9.17) is 5.14 Å². The number of primary sulfonamides is 1. The first-order valence-corrected chi connectivity index (χ1v) is 9.33. The molecular formula is C17H19N5O2S. The molecule has 0 aliphatic rings. The summed E-state index contributed by atoms with van der Waals surface area (Å²) in [6, 6.07) is 9.91. The van der Waals surface area contributed by atoms with Gasteiger partial charge in [0.2, 0.25) is 10.0 Å². The number of aromatic nitrogens is 2.